The van der Waals surface area contributed by atoms with Gasteiger partial charge in [0, 0.05) is 23.7 Å². The highest BCUT2D eigenvalue weighted by molar-refractivity contribution is 6.32. The highest BCUT2D eigenvalue weighted by Crippen LogP contribution is 2.36. The van der Waals surface area contributed by atoms with Crippen molar-refractivity contribution >= 4 is 40.1 Å². The first kappa shape index (κ1) is 22.8. The minimum atomic E-state index is -1.02. The number of halogens is 2. The van der Waals surface area contributed by atoms with E-state index in [1.54, 1.807) is 18.3 Å². The van der Waals surface area contributed by atoms with Crippen molar-refractivity contribution in [2.45, 2.75) is 44.7 Å². The Balaban J connectivity index is 1.71. The normalized spacial score (nSPS) is 18.2. The van der Waals surface area contributed by atoms with Gasteiger partial charge in [-0.15, -0.1) is 0 Å². The van der Waals surface area contributed by atoms with Crippen molar-refractivity contribution in [2.24, 2.45) is 0 Å². The number of hydrogen-bond donors (Lipinski definition) is 4. The predicted octanol–water partition coefficient (Wildman–Crippen LogP) is 5.59. The minimum Gasteiger partial charge on any atom is -0.504 e. The molecule has 1 saturated carbocycles. The van der Waals surface area contributed by atoms with Crippen LogP contribution in [0.3, 0.4) is 0 Å². The van der Waals surface area contributed by atoms with E-state index in [0.717, 1.165) is 12.8 Å². The number of Topliss-reactive ketones (excluding diaryl/α,β-unsaturated/α-hetero) is 1. The number of aromatic hydroxyl groups is 1. The fraction of sp³-hybridized carbons (Fsp3) is 0.292. The molecule has 3 aromatic rings. The standard InChI is InChI=1S/C24H23ClFN3O4/c1-12(30)18-11-27-21-7-2-13(14-9-19(25)23(31)20(26)10-14)8-17(21)22(18)28-15-3-5-16(6-4-15)29-24(32)33/h2,7-11,15-16,29,31H,3-6H2,1H3,(H,27,28)(H,32,33)/t15-,16-. The lowest BCUT2D eigenvalue weighted by atomic mass is 9.90. The second-order valence-electron chi connectivity index (χ2n) is 8.27. The van der Waals surface area contributed by atoms with Crippen molar-refractivity contribution in [1.29, 1.82) is 0 Å². The van der Waals surface area contributed by atoms with Crippen molar-refractivity contribution in [1.82, 2.24) is 10.3 Å². The zero-order valence-electron chi connectivity index (χ0n) is 17.9. The zero-order valence-corrected chi connectivity index (χ0v) is 18.6. The first-order valence-electron chi connectivity index (χ1n) is 10.6. The number of phenolic OH excluding ortho intramolecular Hbond substituents is 1. The molecule has 2 aromatic carbocycles. The summed E-state index contributed by atoms with van der Waals surface area (Å²) in [4.78, 5) is 27.7. The maximum absolute atomic E-state index is 14.1. The van der Waals surface area contributed by atoms with Crippen molar-refractivity contribution < 1.29 is 24.2 Å². The molecule has 4 N–H and O–H groups in total. The van der Waals surface area contributed by atoms with E-state index in [0.29, 0.717) is 46.1 Å². The average Bonchev–Trinajstić information content (AvgIpc) is 2.77. The zero-order chi connectivity index (χ0) is 23.7. The Morgan fingerprint density at radius 3 is 2.42 bits per heavy atom. The van der Waals surface area contributed by atoms with Crippen LogP contribution in [0.5, 0.6) is 5.75 Å². The monoisotopic (exact) mass is 471 g/mol. The van der Waals surface area contributed by atoms with Crippen LogP contribution >= 0.6 is 11.6 Å². The van der Waals surface area contributed by atoms with Crippen molar-refractivity contribution in [2.75, 3.05) is 5.32 Å². The molecule has 0 radical (unpaired) electrons. The summed E-state index contributed by atoms with van der Waals surface area (Å²) < 4.78 is 14.1. The Morgan fingerprint density at radius 2 is 1.79 bits per heavy atom. The molecule has 0 atom stereocenters. The van der Waals surface area contributed by atoms with Gasteiger partial charge in [0.25, 0.3) is 0 Å². The first-order chi connectivity index (χ1) is 15.7. The number of phenols is 1. The van der Waals surface area contributed by atoms with Gasteiger partial charge in [-0.1, -0.05) is 17.7 Å². The van der Waals surface area contributed by atoms with Crippen LogP contribution in [0.25, 0.3) is 22.0 Å². The maximum Gasteiger partial charge on any atom is 0.404 e. The van der Waals surface area contributed by atoms with Gasteiger partial charge in [0.2, 0.25) is 0 Å². The van der Waals surface area contributed by atoms with Gasteiger partial charge >= 0.3 is 6.09 Å². The maximum atomic E-state index is 14.1. The van der Waals surface area contributed by atoms with Gasteiger partial charge in [0.15, 0.2) is 17.3 Å². The van der Waals surface area contributed by atoms with Gasteiger partial charge in [-0.25, -0.2) is 9.18 Å². The number of ketones is 1. The molecule has 33 heavy (non-hydrogen) atoms. The fourth-order valence-electron chi connectivity index (χ4n) is 4.29. The molecule has 0 bridgehead atoms. The Labute approximate surface area is 194 Å². The second kappa shape index (κ2) is 9.23. The number of fused-ring (bicyclic) bond motifs is 1. The Bertz CT molecular complexity index is 1220. The largest absolute Gasteiger partial charge is 0.504 e. The topological polar surface area (TPSA) is 112 Å². The molecule has 1 aliphatic carbocycles. The summed E-state index contributed by atoms with van der Waals surface area (Å²) in [6, 6.07) is 8.04. The average molecular weight is 472 g/mol. The summed E-state index contributed by atoms with van der Waals surface area (Å²) in [6.45, 7) is 1.47. The number of rotatable bonds is 5. The molecule has 7 nitrogen and oxygen atoms in total. The van der Waals surface area contributed by atoms with Crippen LogP contribution in [-0.4, -0.2) is 39.2 Å². The molecule has 1 aromatic heterocycles. The highest BCUT2D eigenvalue weighted by Gasteiger charge is 2.24. The number of anilines is 1. The van der Waals surface area contributed by atoms with Crippen molar-refractivity contribution in [3.8, 4) is 16.9 Å². The van der Waals surface area contributed by atoms with Gasteiger partial charge in [-0.3, -0.25) is 9.78 Å². The Morgan fingerprint density at radius 1 is 1.09 bits per heavy atom. The third kappa shape index (κ3) is 4.85. The number of aromatic nitrogens is 1. The van der Waals surface area contributed by atoms with Crippen LogP contribution in [0.4, 0.5) is 14.9 Å². The molecule has 1 fully saturated rings. The molecule has 1 amide bonds. The fourth-order valence-corrected chi connectivity index (χ4v) is 4.50. The molecule has 0 spiro atoms. The number of pyridine rings is 1. The van der Waals surface area contributed by atoms with Crippen LogP contribution in [0.15, 0.2) is 36.5 Å². The van der Waals surface area contributed by atoms with Crippen molar-refractivity contribution in [3.63, 3.8) is 0 Å². The van der Waals surface area contributed by atoms with Gasteiger partial charge in [0.05, 0.1) is 21.8 Å². The van der Waals surface area contributed by atoms with Gasteiger partial charge < -0.3 is 20.8 Å². The first-order valence-corrected chi connectivity index (χ1v) is 11.0. The smallest absolute Gasteiger partial charge is 0.404 e. The summed E-state index contributed by atoms with van der Waals surface area (Å²) in [5, 5.41) is 25.2. The van der Waals surface area contributed by atoms with E-state index in [4.69, 9.17) is 16.7 Å². The summed E-state index contributed by atoms with van der Waals surface area (Å²) in [5.74, 6) is -1.56. The lowest BCUT2D eigenvalue weighted by molar-refractivity contribution is 0.101. The van der Waals surface area contributed by atoms with E-state index in [9.17, 15) is 19.1 Å². The Kier molecular flexibility index (Phi) is 6.37. The molecule has 4 rings (SSSR count). The van der Waals surface area contributed by atoms with E-state index < -0.39 is 17.7 Å². The third-order valence-corrected chi connectivity index (χ3v) is 6.29. The van der Waals surface area contributed by atoms with E-state index in [1.165, 1.54) is 19.1 Å². The molecule has 0 unspecified atom stereocenters. The predicted molar refractivity (Wildman–Crippen MR) is 125 cm³/mol. The number of benzene rings is 2. The number of nitrogens with zero attached hydrogens (tertiary/aromatic N) is 1. The number of carbonyl (C=O) groups excluding carboxylic acids is 1. The molecule has 9 heteroatoms. The highest BCUT2D eigenvalue weighted by atomic mass is 35.5. The lowest BCUT2D eigenvalue weighted by Gasteiger charge is -2.30. The quantitative estimate of drug-likeness (QED) is 0.361. The van der Waals surface area contributed by atoms with Crippen molar-refractivity contribution in [3.05, 3.63) is 52.9 Å². The Hall–Kier alpha value is -3.39. The van der Waals surface area contributed by atoms with Crippen LogP contribution in [0, 0.1) is 5.82 Å². The second-order valence-corrected chi connectivity index (χ2v) is 8.67. The summed E-state index contributed by atoms with van der Waals surface area (Å²) in [5.41, 5.74) is 2.90. The number of carbonyl (C=O) groups is 2. The number of carboxylic acid groups (broad SMARTS) is 1. The molecule has 1 heterocycles. The molecule has 0 aliphatic heterocycles. The van der Waals surface area contributed by atoms with E-state index >= 15 is 0 Å². The van der Waals surface area contributed by atoms with Crippen LogP contribution in [0.1, 0.15) is 43.0 Å². The molecular weight excluding hydrogens is 449 g/mol. The van der Waals surface area contributed by atoms with E-state index in [1.807, 2.05) is 6.07 Å². The molecule has 1 aliphatic rings. The van der Waals surface area contributed by atoms with Gasteiger partial charge in [-0.2, -0.15) is 0 Å². The lowest BCUT2D eigenvalue weighted by Crippen LogP contribution is -2.39. The minimum absolute atomic E-state index is 0.0600. The summed E-state index contributed by atoms with van der Waals surface area (Å²) >= 11 is 5.96. The number of amides is 1. The van der Waals surface area contributed by atoms with Gasteiger partial charge in [-0.05, 0) is 68.0 Å². The SMILES string of the molecule is CC(=O)c1cnc2ccc(-c3cc(F)c(O)c(Cl)c3)cc2c1N[C@H]1CC[C@H](NC(=O)O)CC1. The molecule has 172 valence electrons. The molecular formula is C24H23ClFN3O4. The van der Waals surface area contributed by atoms with E-state index in [-0.39, 0.29) is 22.9 Å². The number of hydrogen-bond acceptors (Lipinski definition) is 5. The van der Waals surface area contributed by atoms with Gasteiger partial charge in [0.1, 0.15) is 0 Å². The summed E-state index contributed by atoms with van der Waals surface area (Å²) in [6.07, 6.45) is 3.39. The third-order valence-electron chi connectivity index (χ3n) is 6.00. The van der Waals surface area contributed by atoms with Crippen LogP contribution in [0.2, 0.25) is 5.02 Å². The summed E-state index contributed by atoms with van der Waals surface area (Å²) in [7, 11) is 0. The van der Waals surface area contributed by atoms with Crippen LogP contribution in [-0.2, 0) is 0 Å². The van der Waals surface area contributed by atoms with Crippen LogP contribution < -0.4 is 10.6 Å². The molecule has 0 saturated heterocycles. The number of nitrogens with one attached hydrogen (secondary N) is 2. The van der Waals surface area contributed by atoms with E-state index in [2.05, 4.69) is 15.6 Å².